The van der Waals surface area contributed by atoms with E-state index in [1.165, 1.54) is 5.56 Å². The van der Waals surface area contributed by atoms with Crippen molar-refractivity contribution in [1.29, 1.82) is 0 Å². The number of ether oxygens (including phenoxy) is 2. The van der Waals surface area contributed by atoms with E-state index in [0.29, 0.717) is 0 Å². The first-order chi connectivity index (χ1) is 8.38. The Bertz CT molecular complexity index is 371. The molecule has 2 atom stereocenters. The van der Waals surface area contributed by atoms with Crippen LogP contribution in [0.4, 0.5) is 0 Å². The number of nitrogens with two attached hydrogens (primary N) is 1. The molecule has 0 bridgehead atoms. The molecule has 1 aromatic rings. The van der Waals surface area contributed by atoms with E-state index in [4.69, 9.17) is 15.2 Å². The predicted octanol–water partition coefficient (Wildman–Crippen LogP) is 2.63. The number of hydrogen-bond acceptors (Lipinski definition) is 3. The van der Waals surface area contributed by atoms with Crippen molar-refractivity contribution in [3.63, 3.8) is 0 Å². The maximum absolute atomic E-state index is 6.27. The van der Waals surface area contributed by atoms with Crippen LogP contribution in [0.15, 0.2) is 24.3 Å². The smallest absolute Gasteiger partial charge is 0.119 e. The van der Waals surface area contributed by atoms with Gasteiger partial charge in [-0.2, -0.15) is 0 Å². The van der Waals surface area contributed by atoms with Crippen LogP contribution in [0.2, 0.25) is 0 Å². The number of hydrogen-bond donors (Lipinski definition) is 1. The van der Waals surface area contributed by atoms with Crippen molar-refractivity contribution in [2.45, 2.75) is 39.3 Å². The molecule has 0 heterocycles. The third-order valence-electron chi connectivity index (χ3n) is 3.10. The molecule has 0 saturated carbocycles. The second kappa shape index (κ2) is 6.21. The average Bonchev–Trinajstić information content (AvgIpc) is 2.28. The van der Waals surface area contributed by atoms with Gasteiger partial charge in [-0.1, -0.05) is 32.9 Å². The second-order valence-electron chi connectivity index (χ2n) is 5.74. The van der Waals surface area contributed by atoms with Crippen molar-refractivity contribution in [3.05, 3.63) is 29.8 Å². The number of rotatable bonds is 5. The summed E-state index contributed by atoms with van der Waals surface area (Å²) in [5, 5.41) is 0. The highest BCUT2D eigenvalue weighted by molar-refractivity contribution is 5.29. The molecule has 18 heavy (non-hydrogen) atoms. The molecule has 2 unspecified atom stereocenters. The molecule has 0 aliphatic carbocycles. The van der Waals surface area contributed by atoms with Crippen molar-refractivity contribution < 1.29 is 9.47 Å². The van der Waals surface area contributed by atoms with E-state index in [2.05, 4.69) is 26.8 Å². The SMILES string of the molecule is COc1cccc(CC(N)C(OC)C(C)(C)C)c1. The van der Waals surface area contributed by atoms with Crippen LogP contribution in [-0.4, -0.2) is 26.4 Å². The van der Waals surface area contributed by atoms with Crippen LogP contribution in [0.3, 0.4) is 0 Å². The highest BCUT2D eigenvalue weighted by Gasteiger charge is 2.30. The van der Waals surface area contributed by atoms with Crippen molar-refractivity contribution in [1.82, 2.24) is 0 Å². The van der Waals surface area contributed by atoms with Crippen LogP contribution in [0, 0.1) is 5.41 Å². The largest absolute Gasteiger partial charge is 0.497 e. The fourth-order valence-corrected chi connectivity index (χ4v) is 2.35. The molecule has 1 aromatic carbocycles. The van der Waals surface area contributed by atoms with Gasteiger partial charge in [0.25, 0.3) is 0 Å². The fourth-order valence-electron chi connectivity index (χ4n) is 2.35. The van der Waals surface area contributed by atoms with E-state index >= 15 is 0 Å². The standard InChI is InChI=1S/C15H25NO2/c1-15(2,3)14(18-5)13(16)10-11-7-6-8-12(9-11)17-4/h6-9,13-14H,10,16H2,1-5H3. The Labute approximate surface area is 110 Å². The predicted molar refractivity (Wildman–Crippen MR) is 74.9 cm³/mol. The summed E-state index contributed by atoms with van der Waals surface area (Å²) in [4.78, 5) is 0. The van der Waals surface area contributed by atoms with Crippen LogP contribution < -0.4 is 10.5 Å². The van der Waals surface area contributed by atoms with Crippen LogP contribution in [0.5, 0.6) is 5.75 Å². The van der Waals surface area contributed by atoms with Gasteiger partial charge in [-0.25, -0.2) is 0 Å². The molecular weight excluding hydrogens is 226 g/mol. The van der Waals surface area contributed by atoms with Gasteiger partial charge < -0.3 is 15.2 Å². The lowest BCUT2D eigenvalue weighted by Crippen LogP contribution is -2.46. The van der Waals surface area contributed by atoms with Gasteiger partial charge in [0.2, 0.25) is 0 Å². The first kappa shape index (κ1) is 15.0. The van der Waals surface area contributed by atoms with E-state index in [1.54, 1.807) is 14.2 Å². The monoisotopic (exact) mass is 251 g/mol. The topological polar surface area (TPSA) is 44.5 Å². The summed E-state index contributed by atoms with van der Waals surface area (Å²) in [6, 6.07) is 7.99. The van der Waals surface area contributed by atoms with E-state index in [9.17, 15) is 0 Å². The van der Waals surface area contributed by atoms with Crippen molar-refractivity contribution in [2.24, 2.45) is 11.1 Å². The van der Waals surface area contributed by atoms with E-state index in [1.807, 2.05) is 18.2 Å². The van der Waals surface area contributed by atoms with Crippen LogP contribution in [-0.2, 0) is 11.2 Å². The Morgan fingerprint density at radius 3 is 2.39 bits per heavy atom. The molecule has 0 spiro atoms. The van der Waals surface area contributed by atoms with Crippen molar-refractivity contribution in [2.75, 3.05) is 14.2 Å². The van der Waals surface area contributed by atoms with Crippen LogP contribution >= 0.6 is 0 Å². The zero-order valence-electron chi connectivity index (χ0n) is 12.1. The zero-order valence-corrected chi connectivity index (χ0v) is 12.1. The maximum Gasteiger partial charge on any atom is 0.119 e. The number of methoxy groups -OCH3 is 2. The lowest BCUT2D eigenvalue weighted by Gasteiger charge is -2.34. The second-order valence-corrected chi connectivity index (χ2v) is 5.74. The van der Waals surface area contributed by atoms with Crippen LogP contribution in [0.1, 0.15) is 26.3 Å². The molecule has 0 saturated heterocycles. The number of benzene rings is 1. The highest BCUT2D eigenvalue weighted by Crippen LogP contribution is 2.25. The molecular formula is C15H25NO2. The quantitative estimate of drug-likeness (QED) is 0.875. The van der Waals surface area contributed by atoms with Crippen molar-refractivity contribution >= 4 is 0 Å². The molecule has 0 aromatic heterocycles. The minimum atomic E-state index is -0.0258. The molecule has 0 fully saturated rings. The van der Waals surface area contributed by atoms with Gasteiger partial charge in [0.05, 0.1) is 13.2 Å². The Hall–Kier alpha value is -1.06. The summed E-state index contributed by atoms with van der Waals surface area (Å²) < 4.78 is 10.8. The lowest BCUT2D eigenvalue weighted by molar-refractivity contribution is -0.00166. The Balaban J connectivity index is 2.76. The third-order valence-corrected chi connectivity index (χ3v) is 3.10. The molecule has 0 aliphatic rings. The van der Waals surface area contributed by atoms with Gasteiger partial charge in [0.1, 0.15) is 5.75 Å². The Morgan fingerprint density at radius 2 is 1.89 bits per heavy atom. The summed E-state index contributed by atoms with van der Waals surface area (Å²) in [6.07, 6.45) is 0.816. The Morgan fingerprint density at radius 1 is 1.22 bits per heavy atom. The summed E-state index contributed by atoms with van der Waals surface area (Å²) in [7, 11) is 3.40. The Kier molecular flexibility index (Phi) is 5.17. The molecule has 1 rings (SSSR count). The molecule has 102 valence electrons. The van der Waals surface area contributed by atoms with E-state index in [-0.39, 0.29) is 17.6 Å². The van der Waals surface area contributed by atoms with Gasteiger partial charge >= 0.3 is 0 Å². The normalized spacial score (nSPS) is 15.2. The molecule has 2 N–H and O–H groups in total. The first-order valence-corrected chi connectivity index (χ1v) is 6.29. The summed E-state index contributed by atoms with van der Waals surface area (Å²) in [5.41, 5.74) is 7.48. The minimum Gasteiger partial charge on any atom is -0.497 e. The summed E-state index contributed by atoms with van der Waals surface area (Å²) in [6.45, 7) is 6.44. The first-order valence-electron chi connectivity index (χ1n) is 6.29. The van der Waals surface area contributed by atoms with E-state index in [0.717, 1.165) is 12.2 Å². The molecule has 0 amide bonds. The zero-order chi connectivity index (χ0) is 13.8. The summed E-state index contributed by atoms with van der Waals surface area (Å²) in [5.74, 6) is 0.865. The van der Waals surface area contributed by atoms with Gasteiger partial charge in [0.15, 0.2) is 0 Å². The lowest BCUT2D eigenvalue weighted by atomic mass is 9.83. The maximum atomic E-state index is 6.27. The van der Waals surface area contributed by atoms with Gasteiger partial charge in [-0.05, 0) is 29.5 Å². The highest BCUT2D eigenvalue weighted by atomic mass is 16.5. The molecule has 3 nitrogen and oxygen atoms in total. The van der Waals surface area contributed by atoms with Crippen LogP contribution in [0.25, 0.3) is 0 Å². The average molecular weight is 251 g/mol. The van der Waals surface area contributed by atoms with Gasteiger partial charge in [-0.15, -0.1) is 0 Å². The van der Waals surface area contributed by atoms with E-state index < -0.39 is 0 Å². The van der Waals surface area contributed by atoms with Gasteiger partial charge in [-0.3, -0.25) is 0 Å². The third kappa shape index (κ3) is 4.00. The van der Waals surface area contributed by atoms with Gasteiger partial charge in [0, 0.05) is 13.2 Å². The fraction of sp³-hybridized carbons (Fsp3) is 0.600. The summed E-state index contributed by atoms with van der Waals surface area (Å²) >= 11 is 0. The molecule has 0 aliphatic heterocycles. The molecule has 3 heteroatoms. The van der Waals surface area contributed by atoms with Crippen molar-refractivity contribution in [3.8, 4) is 5.75 Å². The molecule has 0 radical (unpaired) electrons. The minimum absolute atomic E-state index is 0.0258.